The summed E-state index contributed by atoms with van der Waals surface area (Å²) in [5.41, 5.74) is 1.11. The van der Waals surface area contributed by atoms with Crippen molar-refractivity contribution in [3.05, 3.63) is 11.6 Å². The molecule has 2 nitrogen and oxygen atoms in total. The van der Waals surface area contributed by atoms with Crippen molar-refractivity contribution < 1.29 is 9.90 Å². The van der Waals surface area contributed by atoms with Gasteiger partial charge in [0.05, 0.1) is 5.60 Å². The van der Waals surface area contributed by atoms with Crippen LogP contribution in [0.1, 0.15) is 65.2 Å². The highest BCUT2D eigenvalue weighted by Crippen LogP contribution is 2.64. The van der Waals surface area contributed by atoms with E-state index in [2.05, 4.69) is 13.8 Å². The Morgan fingerprint density at radius 2 is 1.86 bits per heavy atom. The van der Waals surface area contributed by atoms with Crippen molar-refractivity contribution in [2.24, 2.45) is 29.1 Å². The Labute approximate surface area is 128 Å². The lowest BCUT2D eigenvalue weighted by Gasteiger charge is -2.55. The summed E-state index contributed by atoms with van der Waals surface area (Å²) in [5, 5.41) is 10.9. The van der Waals surface area contributed by atoms with Gasteiger partial charge in [-0.05, 0) is 87.0 Å². The standard InChI is InChI=1S/C19H28O2/c1-18-9-7-15-14-6-4-13(20)11-12(14)3-5-16(15)17(18)8-10-19(18,2)21/h11,14-17,21H,3-10H2,1-2H3/t14-,15+,16+,17+,18-,19+/m1/s1. The van der Waals surface area contributed by atoms with Gasteiger partial charge in [-0.15, -0.1) is 0 Å². The molecule has 116 valence electrons. The minimum atomic E-state index is -0.471. The molecule has 0 saturated heterocycles. The molecule has 0 spiro atoms. The van der Waals surface area contributed by atoms with Crippen molar-refractivity contribution in [2.75, 3.05) is 0 Å². The molecule has 1 N–H and O–H groups in total. The van der Waals surface area contributed by atoms with Crippen LogP contribution in [0.5, 0.6) is 0 Å². The number of carbonyl (C=O) groups is 1. The van der Waals surface area contributed by atoms with Gasteiger partial charge < -0.3 is 5.11 Å². The fraction of sp³-hybridized carbons (Fsp3) is 0.842. The van der Waals surface area contributed by atoms with E-state index in [1.165, 1.54) is 31.3 Å². The van der Waals surface area contributed by atoms with Gasteiger partial charge >= 0.3 is 0 Å². The van der Waals surface area contributed by atoms with E-state index in [0.29, 0.717) is 17.6 Å². The molecule has 0 aromatic carbocycles. The first kappa shape index (κ1) is 14.0. The third kappa shape index (κ3) is 1.84. The first-order chi connectivity index (χ1) is 9.92. The molecule has 6 atom stereocenters. The molecular formula is C19H28O2. The second kappa shape index (κ2) is 4.44. The van der Waals surface area contributed by atoms with Gasteiger partial charge in [0.25, 0.3) is 0 Å². The molecule has 2 heteroatoms. The van der Waals surface area contributed by atoms with Gasteiger partial charge in [-0.25, -0.2) is 0 Å². The van der Waals surface area contributed by atoms with Crippen LogP contribution in [0.3, 0.4) is 0 Å². The van der Waals surface area contributed by atoms with Crippen LogP contribution in [0.25, 0.3) is 0 Å². The van der Waals surface area contributed by atoms with Crippen molar-refractivity contribution >= 4 is 5.78 Å². The zero-order valence-corrected chi connectivity index (χ0v) is 13.4. The summed E-state index contributed by atoms with van der Waals surface area (Å²) in [7, 11) is 0. The Balaban J connectivity index is 1.64. The van der Waals surface area contributed by atoms with Gasteiger partial charge in [0, 0.05) is 6.42 Å². The summed E-state index contributed by atoms with van der Waals surface area (Å²) in [6.45, 7) is 4.41. The van der Waals surface area contributed by atoms with Gasteiger partial charge in [0.2, 0.25) is 0 Å². The molecule has 0 aliphatic heterocycles. The summed E-state index contributed by atoms with van der Waals surface area (Å²) in [6, 6.07) is 0. The van der Waals surface area contributed by atoms with Crippen LogP contribution in [0.2, 0.25) is 0 Å². The van der Waals surface area contributed by atoms with Crippen LogP contribution < -0.4 is 0 Å². The quantitative estimate of drug-likeness (QED) is 0.734. The molecular weight excluding hydrogens is 260 g/mol. The molecule has 0 aromatic heterocycles. The van der Waals surface area contributed by atoms with E-state index >= 15 is 0 Å². The molecule has 4 rings (SSSR count). The number of hydrogen-bond acceptors (Lipinski definition) is 2. The van der Waals surface area contributed by atoms with E-state index in [9.17, 15) is 9.90 Å². The highest BCUT2D eigenvalue weighted by molar-refractivity contribution is 5.91. The zero-order chi connectivity index (χ0) is 14.8. The maximum absolute atomic E-state index is 11.7. The maximum Gasteiger partial charge on any atom is 0.155 e. The van der Waals surface area contributed by atoms with Crippen LogP contribution >= 0.6 is 0 Å². The largest absolute Gasteiger partial charge is 0.390 e. The summed E-state index contributed by atoms with van der Waals surface area (Å²) >= 11 is 0. The molecule has 3 saturated carbocycles. The fourth-order valence-corrected chi connectivity index (χ4v) is 6.42. The third-order valence-electron chi connectivity index (χ3n) is 7.86. The number of fused-ring (bicyclic) bond motifs is 5. The van der Waals surface area contributed by atoms with Gasteiger partial charge in [-0.3, -0.25) is 4.79 Å². The predicted molar refractivity (Wildman–Crippen MR) is 82.7 cm³/mol. The molecule has 0 amide bonds. The molecule has 4 aliphatic carbocycles. The summed E-state index contributed by atoms with van der Waals surface area (Å²) in [5.74, 6) is 3.30. The van der Waals surface area contributed by atoms with Gasteiger partial charge in [-0.2, -0.15) is 0 Å². The van der Waals surface area contributed by atoms with Crippen LogP contribution in [0, 0.1) is 29.1 Å². The number of allylic oxidation sites excluding steroid dienone is 1. The number of ketones is 1. The topological polar surface area (TPSA) is 37.3 Å². The fourth-order valence-electron chi connectivity index (χ4n) is 6.42. The smallest absolute Gasteiger partial charge is 0.155 e. The lowest BCUT2D eigenvalue weighted by Crippen LogP contribution is -2.51. The Morgan fingerprint density at radius 3 is 2.67 bits per heavy atom. The molecule has 0 radical (unpaired) electrons. The zero-order valence-electron chi connectivity index (χ0n) is 13.4. The van der Waals surface area contributed by atoms with Gasteiger partial charge in [0.1, 0.15) is 0 Å². The Morgan fingerprint density at radius 1 is 1.05 bits per heavy atom. The predicted octanol–water partition coefficient (Wildman–Crippen LogP) is 3.88. The van der Waals surface area contributed by atoms with Gasteiger partial charge in [-0.1, -0.05) is 12.5 Å². The summed E-state index contributed by atoms with van der Waals surface area (Å²) in [4.78, 5) is 11.7. The molecule has 3 fully saturated rings. The number of aliphatic hydroxyl groups is 1. The van der Waals surface area contributed by atoms with Crippen molar-refractivity contribution in [1.82, 2.24) is 0 Å². The maximum atomic E-state index is 11.7. The average Bonchev–Trinajstić information content (AvgIpc) is 2.69. The molecule has 4 aliphatic rings. The van der Waals surface area contributed by atoms with E-state index in [4.69, 9.17) is 0 Å². The van der Waals surface area contributed by atoms with Gasteiger partial charge in [0.15, 0.2) is 5.78 Å². The Bertz CT molecular complexity index is 504. The first-order valence-electron chi connectivity index (χ1n) is 8.88. The average molecular weight is 288 g/mol. The van der Waals surface area contributed by atoms with E-state index in [0.717, 1.165) is 37.5 Å². The second-order valence-electron chi connectivity index (χ2n) is 8.57. The lowest BCUT2D eigenvalue weighted by molar-refractivity contribution is -0.117. The Kier molecular flexibility index (Phi) is 2.96. The van der Waals surface area contributed by atoms with Crippen LogP contribution in [0.4, 0.5) is 0 Å². The SMILES string of the molecule is C[C@]1(O)CC[C@H]2[C@H]3CCC4=CC(=O)CC[C@H]4[C@@H]3CC[C@]21C. The molecule has 0 unspecified atom stereocenters. The number of rotatable bonds is 0. The van der Waals surface area contributed by atoms with Crippen molar-refractivity contribution in [1.29, 1.82) is 0 Å². The second-order valence-corrected chi connectivity index (χ2v) is 8.57. The van der Waals surface area contributed by atoms with Crippen LogP contribution in [-0.4, -0.2) is 16.5 Å². The highest BCUT2D eigenvalue weighted by atomic mass is 16.3. The number of carbonyl (C=O) groups excluding carboxylic acids is 1. The van der Waals surface area contributed by atoms with Crippen molar-refractivity contribution in [3.8, 4) is 0 Å². The monoisotopic (exact) mass is 288 g/mol. The summed E-state index contributed by atoms with van der Waals surface area (Å²) < 4.78 is 0. The molecule has 0 heterocycles. The minimum absolute atomic E-state index is 0.125. The van der Waals surface area contributed by atoms with Crippen LogP contribution in [0.15, 0.2) is 11.6 Å². The van der Waals surface area contributed by atoms with E-state index < -0.39 is 5.60 Å². The lowest BCUT2D eigenvalue weighted by atomic mass is 9.51. The van der Waals surface area contributed by atoms with Crippen molar-refractivity contribution in [2.45, 2.75) is 70.8 Å². The third-order valence-corrected chi connectivity index (χ3v) is 7.86. The minimum Gasteiger partial charge on any atom is -0.390 e. The van der Waals surface area contributed by atoms with E-state index in [-0.39, 0.29) is 5.41 Å². The van der Waals surface area contributed by atoms with Crippen LogP contribution in [-0.2, 0) is 4.79 Å². The first-order valence-corrected chi connectivity index (χ1v) is 8.88. The van der Waals surface area contributed by atoms with Crippen molar-refractivity contribution in [3.63, 3.8) is 0 Å². The van der Waals surface area contributed by atoms with E-state index in [1.54, 1.807) is 0 Å². The summed E-state index contributed by atoms with van der Waals surface area (Å²) in [6.07, 6.45) is 10.8. The Hall–Kier alpha value is -0.630. The highest BCUT2D eigenvalue weighted by Gasteiger charge is 2.60. The van der Waals surface area contributed by atoms with E-state index in [1.807, 2.05) is 6.08 Å². The normalized spacial score (nSPS) is 52.7. The number of hydrogen-bond donors (Lipinski definition) is 1. The molecule has 0 aromatic rings. The molecule has 0 bridgehead atoms. The molecule has 21 heavy (non-hydrogen) atoms.